The van der Waals surface area contributed by atoms with Crippen LogP contribution in [0.4, 0.5) is 0 Å². The molecule has 2 aliphatic carbocycles. The molecule has 0 bridgehead atoms. The van der Waals surface area contributed by atoms with Gasteiger partial charge in [-0.2, -0.15) is 0 Å². The van der Waals surface area contributed by atoms with Crippen LogP contribution in [0.2, 0.25) is 0 Å². The third-order valence-electron chi connectivity index (χ3n) is 4.33. The van der Waals surface area contributed by atoms with E-state index in [2.05, 4.69) is 24.3 Å². The predicted molar refractivity (Wildman–Crippen MR) is 62.5 cm³/mol. The highest BCUT2D eigenvalue weighted by Gasteiger charge is 2.35. The lowest BCUT2D eigenvalue weighted by atomic mass is 9.66. The highest BCUT2D eigenvalue weighted by molar-refractivity contribution is 5.33. The summed E-state index contributed by atoms with van der Waals surface area (Å²) in [6.07, 6.45) is 6.81. The molecule has 1 unspecified atom stereocenters. The SMILES string of the molecule is N[C@@H]1c2ccccc2CC2CCCC[C@@H]21. The van der Waals surface area contributed by atoms with Crippen molar-refractivity contribution in [3.63, 3.8) is 0 Å². The van der Waals surface area contributed by atoms with Crippen molar-refractivity contribution in [1.29, 1.82) is 0 Å². The fraction of sp³-hybridized carbons (Fsp3) is 0.571. The van der Waals surface area contributed by atoms with E-state index in [9.17, 15) is 0 Å². The van der Waals surface area contributed by atoms with E-state index in [0.29, 0.717) is 6.04 Å². The first-order chi connectivity index (χ1) is 7.36. The van der Waals surface area contributed by atoms with Crippen LogP contribution >= 0.6 is 0 Å². The van der Waals surface area contributed by atoms with Gasteiger partial charge in [0.05, 0.1) is 0 Å². The molecule has 0 aromatic heterocycles. The van der Waals surface area contributed by atoms with E-state index in [0.717, 1.165) is 11.8 Å². The van der Waals surface area contributed by atoms with Crippen molar-refractivity contribution in [2.45, 2.75) is 38.1 Å². The fourth-order valence-electron chi connectivity index (χ4n) is 3.52. The molecule has 0 radical (unpaired) electrons. The maximum atomic E-state index is 6.40. The van der Waals surface area contributed by atoms with Gasteiger partial charge in [-0.3, -0.25) is 0 Å². The molecule has 0 heterocycles. The Bertz CT molecular complexity index is 358. The molecule has 3 rings (SSSR count). The Kier molecular flexibility index (Phi) is 2.28. The smallest absolute Gasteiger partial charge is 0.0329 e. The predicted octanol–water partition coefficient (Wildman–Crippen LogP) is 3.05. The average Bonchev–Trinajstić information content (AvgIpc) is 2.30. The summed E-state index contributed by atoms with van der Waals surface area (Å²) in [6.45, 7) is 0. The molecule has 1 aromatic carbocycles. The molecule has 1 saturated carbocycles. The zero-order chi connectivity index (χ0) is 10.3. The largest absolute Gasteiger partial charge is 0.324 e. The third-order valence-corrected chi connectivity index (χ3v) is 4.33. The van der Waals surface area contributed by atoms with Gasteiger partial charge in [-0.05, 0) is 42.2 Å². The van der Waals surface area contributed by atoms with Gasteiger partial charge in [0.2, 0.25) is 0 Å². The molecule has 1 aromatic rings. The first kappa shape index (κ1) is 9.41. The van der Waals surface area contributed by atoms with E-state index < -0.39 is 0 Å². The van der Waals surface area contributed by atoms with E-state index in [4.69, 9.17) is 5.73 Å². The highest BCUT2D eigenvalue weighted by Crippen LogP contribution is 2.44. The number of hydrogen-bond acceptors (Lipinski definition) is 1. The molecule has 3 atom stereocenters. The summed E-state index contributed by atoms with van der Waals surface area (Å²) in [4.78, 5) is 0. The molecule has 2 aliphatic rings. The summed E-state index contributed by atoms with van der Waals surface area (Å²) in [7, 11) is 0. The fourth-order valence-corrected chi connectivity index (χ4v) is 3.52. The van der Waals surface area contributed by atoms with Crippen molar-refractivity contribution in [2.75, 3.05) is 0 Å². The molecular weight excluding hydrogens is 182 g/mol. The zero-order valence-electron chi connectivity index (χ0n) is 9.15. The summed E-state index contributed by atoms with van der Waals surface area (Å²) < 4.78 is 0. The van der Waals surface area contributed by atoms with Crippen molar-refractivity contribution in [2.24, 2.45) is 17.6 Å². The van der Waals surface area contributed by atoms with E-state index in [1.165, 1.54) is 43.2 Å². The molecule has 1 nitrogen and oxygen atoms in total. The lowest BCUT2D eigenvalue weighted by Crippen LogP contribution is -2.36. The maximum Gasteiger partial charge on any atom is 0.0329 e. The van der Waals surface area contributed by atoms with Gasteiger partial charge < -0.3 is 5.73 Å². The van der Waals surface area contributed by atoms with Crippen LogP contribution in [-0.2, 0) is 6.42 Å². The van der Waals surface area contributed by atoms with Gasteiger partial charge in [0.1, 0.15) is 0 Å². The van der Waals surface area contributed by atoms with E-state index in [1.54, 1.807) is 0 Å². The number of fused-ring (bicyclic) bond motifs is 2. The highest BCUT2D eigenvalue weighted by atomic mass is 14.7. The molecular formula is C14H19N. The molecule has 0 spiro atoms. The normalized spacial score (nSPS) is 34.3. The molecule has 80 valence electrons. The molecule has 2 N–H and O–H groups in total. The summed E-state index contributed by atoms with van der Waals surface area (Å²) in [5.41, 5.74) is 9.33. The van der Waals surface area contributed by atoms with Gasteiger partial charge in [-0.15, -0.1) is 0 Å². The average molecular weight is 201 g/mol. The second-order valence-electron chi connectivity index (χ2n) is 5.14. The second-order valence-corrected chi connectivity index (χ2v) is 5.14. The number of rotatable bonds is 0. The first-order valence-corrected chi connectivity index (χ1v) is 6.19. The van der Waals surface area contributed by atoms with Crippen LogP contribution in [0.15, 0.2) is 24.3 Å². The minimum absolute atomic E-state index is 0.306. The summed E-state index contributed by atoms with van der Waals surface area (Å²) in [5.74, 6) is 1.62. The van der Waals surface area contributed by atoms with E-state index >= 15 is 0 Å². The quantitative estimate of drug-likeness (QED) is 0.686. The Labute approximate surface area is 91.7 Å². The summed E-state index contributed by atoms with van der Waals surface area (Å²) in [6, 6.07) is 9.07. The van der Waals surface area contributed by atoms with Gasteiger partial charge in [0, 0.05) is 6.04 Å². The Hall–Kier alpha value is -0.820. The first-order valence-electron chi connectivity index (χ1n) is 6.19. The lowest BCUT2D eigenvalue weighted by Gasteiger charge is -2.40. The monoisotopic (exact) mass is 201 g/mol. The van der Waals surface area contributed by atoms with Crippen LogP contribution in [0.3, 0.4) is 0 Å². The van der Waals surface area contributed by atoms with Crippen molar-refractivity contribution < 1.29 is 0 Å². The topological polar surface area (TPSA) is 26.0 Å². The second kappa shape index (κ2) is 3.64. The third kappa shape index (κ3) is 1.50. The van der Waals surface area contributed by atoms with Gasteiger partial charge in [-0.1, -0.05) is 37.1 Å². The Morgan fingerprint density at radius 1 is 1.07 bits per heavy atom. The number of benzene rings is 1. The van der Waals surface area contributed by atoms with Crippen molar-refractivity contribution in [3.8, 4) is 0 Å². The maximum absolute atomic E-state index is 6.40. The van der Waals surface area contributed by atoms with Crippen LogP contribution in [0, 0.1) is 11.8 Å². The number of nitrogens with two attached hydrogens (primary N) is 1. The standard InChI is InChI=1S/C14H19N/c15-14-12-7-3-1-5-10(12)9-11-6-2-4-8-13(11)14/h1,3,5,7,11,13-14H,2,4,6,8-9,15H2/t11?,13-,14+/m0/s1. The van der Waals surface area contributed by atoms with Crippen LogP contribution in [0.1, 0.15) is 42.9 Å². The molecule has 1 heteroatoms. The Morgan fingerprint density at radius 2 is 1.87 bits per heavy atom. The van der Waals surface area contributed by atoms with Gasteiger partial charge in [0.25, 0.3) is 0 Å². The van der Waals surface area contributed by atoms with Crippen molar-refractivity contribution in [3.05, 3.63) is 35.4 Å². The van der Waals surface area contributed by atoms with E-state index in [-0.39, 0.29) is 0 Å². The molecule has 0 saturated heterocycles. The van der Waals surface area contributed by atoms with Crippen LogP contribution in [-0.4, -0.2) is 0 Å². The molecule has 0 aliphatic heterocycles. The zero-order valence-corrected chi connectivity index (χ0v) is 9.15. The minimum atomic E-state index is 0.306. The van der Waals surface area contributed by atoms with Gasteiger partial charge in [0.15, 0.2) is 0 Å². The Morgan fingerprint density at radius 3 is 2.80 bits per heavy atom. The Balaban J connectivity index is 1.98. The minimum Gasteiger partial charge on any atom is -0.324 e. The van der Waals surface area contributed by atoms with E-state index in [1.807, 2.05) is 0 Å². The van der Waals surface area contributed by atoms with Crippen LogP contribution < -0.4 is 5.73 Å². The molecule has 15 heavy (non-hydrogen) atoms. The van der Waals surface area contributed by atoms with Crippen molar-refractivity contribution >= 4 is 0 Å². The van der Waals surface area contributed by atoms with Crippen LogP contribution in [0.5, 0.6) is 0 Å². The molecule has 1 fully saturated rings. The van der Waals surface area contributed by atoms with Crippen LogP contribution in [0.25, 0.3) is 0 Å². The summed E-state index contributed by atoms with van der Waals surface area (Å²) in [5, 5.41) is 0. The lowest BCUT2D eigenvalue weighted by molar-refractivity contribution is 0.186. The van der Waals surface area contributed by atoms with Crippen molar-refractivity contribution in [1.82, 2.24) is 0 Å². The molecule has 0 amide bonds. The van der Waals surface area contributed by atoms with Gasteiger partial charge in [-0.25, -0.2) is 0 Å². The number of hydrogen-bond donors (Lipinski definition) is 1. The van der Waals surface area contributed by atoms with Gasteiger partial charge >= 0.3 is 0 Å². The summed E-state index contributed by atoms with van der Waals surface area (Å²) >= 11 is 0.